The first kappa shape index (κ1) is 13.9. The van der Waals surface area contributed by atoms with E-state index in [1.165, 1.54) is 13.2 Å². The van der Waals surface area contributed by atoms with Gasteiger partial charge in [-0.1, -0.05) is 5.57 Å². The first-order valence-corrected chi connectivity index (χ1v) is 6.62. The molecule has 0 fully saturated rings. The SMILES string of the molecule is COc1cc(O)c2c(c1)C1=C(C)C[C@@H](O)[C@H](O)[C@@H]1OC2=O. The van der Waals surface area contributed by atoms with Gasteiger partial charge in [-0.25, -0.2) is 4.79 Å². The Labute approximate surface area is 121 Å². The van der Waals surface area contributed by atoms with Gasteiger partial charge in [0, 0.05) is 17.2 Å². The zero-order chi connectivity index (χ0) is 15.3. The molecular formula is C15H16O6. The maximum atomic E-state index is 12.1. The minimum absolute atomic E-state index is 0.0602. The summed E-state index contributed by atoms with van der Waals surface area (Å²) in [6, 6.07) is 2.97. The maximum Gasteiger partial charge on any atom is 0.343 e. The van der Waals surface area contributed by atoms with Crippen molar-refractivity contribution in [3.63, 3.8) is 0 Å². The Kier molecular flexibility index (Phi) is 3.15. The highest BCUT2D eigenvalue weighted by atomic mass is 16.6. The van der Waals surface area contributed by atoms with Crippen molar-refractivity contribution in [2.24, 2.45) is 0 Å². The molecule has 0 aromatic heterocycles. The number of aliphatic hydroxyl groups excluding tert-OH is 2. The maximum absolute atomic E-state index is 12.1. The first-order valence-electron chi connectivity index (χ1n) is 6.62. The van der Waals surface area contributed by atoms with Crippen molar-refractivity contribution >= 4 is 11.5 Å². The molecule has 0 spiro atoms. The van der Waals surface area contributed by atoms with E-state index < -0.39 is 24.3 Å². The Bertz CT molecular complexity index is 648. The Morgan fingerprint density at radius 2 is 2.05 bits per heavy atom. The molecule has 0 radical (unpaired) electrons. The van der Waals surface area contributed by atoms with Crippen LogP contribution in [0.4, 0.5) is 0 Å². The van der Waals surface area contributed by atoms with Gasteiger partial charge in [-0.05, 0) is 19.4 Å². The van der Waals surface area contributed by atoms with E-state index in [1.54, 1.807) is 13.0 Å². The second kappa shape index (κ2) is 4.75. The molecule has 21 heavy (non-hydrogen) atoms. The van der Waals surface area contributed by atoms with E-state index in [4.69, 9.17) is 9.47 Å². The Hall–Kier alpha value is -2.05. The lowest BCUT2D eigenvalue weighted by Crippen LogP contribution is -2.46. The van der Waals surface area contributed by atoms with E-state index >= 15 is 0 Å². The van der Waals surface area contributed by atoms with E-state index in [0.717, 1.165) is 5.57 Å². The van der Waals surface area contributed by atoms with Gasteiger partial charge in [0.15, 0.2) is 6.10 Å². The number of phenols is 1. The van der Waals surface area contributed by atoms with Gasteiger partial charge in [0.25, 0.3) is 0 Å². The number of fused-ring (bicyclic) bond motifs is 3. The molecule has 6 heteroatoms. The third kappa shape index (κ3) is 1.99. The predicted octanol–water partition coefficient (Wildman–Crippen LogP) is 0.839. The largest absolute Gasteiger partial charge is 0.507 e. The van der Waals surface area contributed by atoms with Crippen molar-refractivity contribution in [1.82, 2.24) is 0 Å². The standard InChI is InChI=1S/C15H16O6/c1-6-3-10(17)13(18)14-11(6)8-4-7(20-2)5-9(16)12(8)15(19)21-14/h4-5,10,13-14,16-18H,3H2,1-2H3/t10-,13+,14-/m1/s1. The Morgan fingerprint density at radius 1 is 1.33 bits per heavy atom. The summed E-state index contributed by atoms with van der Waals surface area (Å²) in [4.78, 5) is 12.1. The first-order chi connectivity index (χ1) is 9.93. The predicted molar refractivity (Wildman–Crippen MR) is 73.1 cm³/mol. The summed E-state index contributed by atoms with van der Waals surface area (Å²) in [6.07, 6.45) is -2.82. The van der Waals surface area contributed by atoms with Crippen LogP contribution in [0.5, 0.6) is 11.5 Å². The average Bonchev–Trinajstić information content (AvgIpc) is 2.43. The van der Waals surface area contributed by atoms with Crippen LogP contribution >= 0.6 is 0 Å². The van der Waals surface area contributed by atoms with E-state index in [1.807, 2.05) is 0 Å². The number of benzene rings is 1. The average molecular weight is 292 g/mol. The highest BCUT2D eigenvalue weighted by molar-refractivity contribution is 6.03. The van der Waals surface area contributed by atoms with Crippen LogP contribution in [0.25, 0.3) is 5.57 Å². The molecular weight excluding hydrogens is 276 g/mol. The van der Waals surface area contributed by atoms with E-state index in [2.05, 4.69) is 0 Å². The van der Waals surface area contributed by atoms with E-state index in [-0.39, 0.29) is 17.7 Å². The summed E-state index contributed by atoms with van der Waals surface area (Å²) in [7, 11) is 1.46. The van der Waals surface area contributed by atoms with Crippen molar-refractivity contribution in [2.45, 2.75) is 31.7 Å². The molecule has 0 saturated carbocycles. The summed E-state index contributed by atoms with van der Waals surface area (Å²) in [5.74, 6) is -0.547. The molecule has 0 unspecified atom stereocenters. The van der Waals surface area contributed by atoms with Gasteiger partial charge in [0.2, 0.25) is 0 Å². The van der Waals surface area contributed by atoms with Gasteiger partial charge in [0.1, 0.15) is 23.2 Å². The van der Waals surface area contributed by atoms with Crippen LogP contribution in [-0.2, 0) is 4.74 Å². The molecule has 0 bridgehead atoms. The van der Waals surface area contributed by atoms with Crippen molar-refractivity contribution in [2.75, 3.05) is 7.11 Å². The van der Waals surface area contributed by atoms with Gasteiger partial charge >= 0.3 is 5.97 Å². The fraction of sp³-hybridized carbons (Fsp3) is 0.400. The van der Waals surface area contributed by atoms with Crippen LogP contribution in [0.3, 0.4) is 0 Å². The summed E-state index contributed by atoms with van der Waals surface area (Å²) in [5, 5.41) is 29.9. The van der Waals surface area contributed by atoms with Gasteiger partial charge in [-0.3, -0.25) is 0 Å². The van der Waals surface area contributed by atoms with E-state index in [0.29, 0.717) is 16.9 Å². The molecule has 0 saturated heterocycles. The summed E-state index contributed by atoms with van der Waals surface area (Å²) in [6.45, 7) is 1.80. The van der Waals surface area contributed by atoms with Crippen molar-refractivity contribution in [3.05, 3.63) is 28.8 Å². The van der Waals surface area contributed by atoms with Gasteiger partial charge in [0.05, 0.1) is 13.2 Å². The van der Waals surface area contributed by atoms with E-state index in [9.17, 15) is 20.1 Å². The van der Waals surface area contributed by atoms with Crippen LogP contribution in [-0.4, -0.2) is 46.7 Å². The number of carbonyl (C=O) groups excluding carboxylic acids is 1. The monoisotopic (exact) mass is 292 g/mol. The fourth-order valence-corrected chi connectivity index (χ4v) is 2.99. The van der Waals surface area contributed by atoms with Gasteiger partial charge in [-0.15, -0.1) is 0 Å². The molecule has 3 N–H and O–H groups in total. The smallest absolute Gasteiger partial charge is 0.343 e. The van der Waals surface area contributed by atoms with Crippen LogP contribution in [0, 0.1) is 0 Å². The summed E-state index contributed by atoms with van der Waals surface area (Å²) in [5.41, 5.74) is 1.97. The lowest BCUT2D eigenvalue weighted by molar-refractivity contribution is -0.0565. The normalized spacial score (nSPS) is 27.8. The molecule has 1 aliphatic heterocycles. The number of rotatable bonds is 1. The zero-order valence-corrected chi connectivity index (χ0v) is 11.7. The second-order valence-electron chi connectivity index (χ2n) is 5.35. The minimum Gasteiger partial charge on any atom is -0.507 e. The third-order valence-corrected chi connectivity index (χ3v) is 4.02. The molecule has 0 amide bonds. The molecule has 112 valence electrons. The summed E-state index contributed by atoms with van der Waals surface area (Å²) < 4.78 is 10.3. The van der Waals surface area contributed by atoms with Crippen molar-refractivity contribution < 1.29 is 29.6 Å². The van der Waals surface area contributed by atoms with Gasteiger partial charge < -0.3 is 24.8 Å². The van der Waals surface area contributed by atoms with Crippen LogP contribution < -0.4 is 4.74 Å². The fourth-order valence-electron chi connectivity index (χ4n) is 2.99. The van der Waals surface area contributed by atoms with Crippen LogP contribution in [0.2, 0.25) is 0 Å². The second-order valence-corrected chi connectivity index (χ2v) is 5.35. The molecule has 1 aliphatic carbocycles. The lowest BCUT2D eigenvalue weighted by Gasteiger charge is -2.38. The number of hydrogen-bond acceptors (Lipinski definition) is 6. The number of ether oxygens (including phenoxy) is 2. The number of methoxy groups -OCH3 is 1. The topological polar surface area (TPSA) is 96.2 Å². The van der Waals surface area contributed by atoms with Gasteiger partial charge in [-0.2, -0.15) is 0 Å². The molecule has 1 aromatic rings. The molecule has 2 aliphatic rings. The highest BCUT2D eigenvalue weighted by Crippen LogP contribution is 2.44. The molecule has 1 aromatic carbocycles. The van der Waals surface area contributed by atoms with Crippen molar-refractivity contribution in [3.8, 4) is 11.5 Å². The highest BCUT2D eigenvalue weighted by Gasteiger charge is 2.44. The Balaban J connectivity index is 2.26. The number of carbonyl (C=O) groups is 1. The van der Waals surface area contributed by atoms with Crippen LogP contribution in [0.1, 0.15) is 29.3 Å². The number of aliphatic hydroxyl groups is 2. The quantitative estimate of drug-likeness (QED) is 0.664. The Morgan fingerprint density at radius 3 is 2.71 bits per heavy atom. The minimum atomic E-state index is -1.19. The molecule has 3 rings (SSSR count). The number of phenolic OH excluding ortho intramolecular Hbond substituents is 1. The molecule has 3 atom stereocenters. The zero-order valence-electron chi connectivity index (χ0n) is 11.7. The number of esters is 1. The molecule has 6 nitrogen and oxygen atoms in total. The summed E-state index contributed by atoms with van der Waals surface area (Å²) >= 11 is 0. The van der Waals surface area contributed by atoms with Crippen LogP contribution in [0.15, 0.2) is 17.7 Å². The molecule has 1 heterocycles. The third-order valence-electron chi connectivity index (χ3n) is 4.02. The number of hydrogen-bond donors (Lipinski definition) is 3. The van der Waals surface area contributed by atoms with Crippen molar-refractivity contribution in [1.29, 1.82) is 0 Å². The lowest BCUT2D eigenvalue weighted by atomic mass is 9.79. The number of aromatic hydroxyl groups is 1.